The Hall–Kier alpha value is -3.16. The van der Waals surface area contributed by atoms with Crippen LogP contribution in [0.1, 0.15) is 30.0 Å². The lowest BCUT2D eigenvalue weighted by Gasteiger charge is -2.34. The summed E-state index contributed by atoms with van der Waals surface area (Å²) in [6.07, 6.45) is 2.57. The van der Waals surface area contributed by atoms with Crippen LogP contribution in [-0.4, -0.2) is 56.3 Å². The molecule has 8 heteroatoms. The van der Waals surface area contributed by atoms with Crippen molar-refractivity contribution < 1.29 is 9.59 Å². The highest BCUT2D eigenvalue weighted by molar-refractivity contribution is 6.02. The van der Waals surface area contributed by atoms with E-state index in [1.807, 2.05) is 24.3 Å². The standard InChI is InChI=1S/C20H24N6O2/c1-13(2)8-15-9-18(24(3)23-15)20(28)25-6-7-26(19(27)12-25)16-5-4-14-11-21-22-17(14)10-16/h4-5,9-11,13H,6-8,12H2,1-3H3,(H,21,22). The molecule has 0 radical (unpaired) electrons. The zero-order chi connectivity index (χ0) is 19.8. The molecule has 3 aromatic rings. The molecule has 0 atom stereocenters. The van der Waals surface area contributed by atoms with Crippen LogP contribution in [0.25, 0.3) is 10.9 Å². The summed E-state index contributed by atoms with van der Waals surface area (Å²) in [6.45, 7) is 5.24. The predicted octanol–water partition coefficient (Wildman–Crippen LogP) is 1.98. The topological polar surface area (TPSA) is 87.1 Å². The van der Waals surface area contributed by atoms with Crippen molar-refractivity contribution in [1.29, 1.82) is 0 Å². The zero-order valence-corrected chi connectivity index (χ0v) is 16.3. The third-order valence-electron chi connectivity index (χ3n) is 5.01. The van der Waals surface area contributed by atoms with Gasteiger partial charge in [0.15, 0.2) is 0 Å². The van der Waals surface area contributed by atoms with Crippen LogP contribution in [0.4, 0.5) is 5.69 Å². The summed E-state index contributed by atoms with van der Waals surface area (Å²) >= 11 is 0. The lowest BCUT2D eigenvalue weighted by atomic mass is 10.1. The van der Waals surface area contributed by atoms with E-state index in [1.165, 1.54) is 0 Å². The van der Waals surface area contributed by atoms with Gasteiger partial charge in [0, 0.05) is 31.2 Å². The van der Waals surface area contributed by atoms with Crippen molar-refractivity contribution in [2.75, 3.05) is 24.5 Å². The summed E-state index contributed by atoms with van der Waals surface area (Å²) in [5, 5.41) is 12.4. The Labute approximate surface area is 163 Å². The average Bonchev–Trinajstić information content (AvgIpc) is 3.26. The van der Waals surface area contributed by atoms with Crippen LogP contribution >= 0.6 is 0 Å². The fraction of sp³-hybridized carbons (Fsp3) is 0.400. The van der Waals surface area contributed by atoms with E-state index in [2.05, 4.69) is 29.1 Å². The lowest BCUT2D eigenvalue weighted by molar-refractivity contribution is -0.120. The number of aromatic nitrogens is 4. The minimum atomic E-state index is -0.151. The van der Waals surface area contributed by atoms with Gasteiger partial charge in [-0.3, -0.25) is 19.4 Å². The van der Waals surface area contributed by atoms with Gasteiger partial charge in [-0.1, -0.05) is 13.8 Å². The van der Waals surface area contributed by atoms with Crippen LogP contribution in [0, 0.1) is 5.92 Å². The second-order valence-corrected chi connectivity index (χ2v) is 7.66. The number of nitrogens with zero attached hydrogens (tertiary/aromatic N) is 5. The van der Waals surface area contributed by atoms with Crippen molar-refractivity contribution in [3.05, 3.63) is 41.9 Å². The maximum absolute atomic E-state index is 12.9. The summed E-state index contributed by atoms with van der Waals surface area (Å²) in [5.41, 5.74) is 3.12. The number of anilines is 1. The summed E-state index contributed by atoms with van der Waals surface area (Å²) in [4.78, 5) is 29.0. The molecule has 28 heavy (non-hydrogen) atoms. The number of H-pyrrole nitrogens is 1. The fourth-order valence-corrected chi connectivity index (χ4v) is 3.62. The van der Waals surface area contributed by atoms with Gasteiger partial charge < -0.3 is 9.80 Å². The summed E-state index contributed by atoms with van der Waals surface area (Å²) in [7, 11) is 1.77. The number of hydrogen-bond acceptors (Lipinski definition) is 4. The van der Waals surface area contributed by atoms with Crippen molar-refractivity contribution in [3.8, 4) is 0 Å². The number of carbonyl (C=O) groups excluding carboxylic acids is 2. The first kappa shape index (κ1) is 18.2. The van der Waals surface area contributed by atoms with E-state index < -0.39 is 0 Å². The van der Waals surface area contributed by atoms with Crippen molar-refractivity contribution in [3.63, 3.8) is 0 Å². The van der Waals surface area contributed by atoms with Crippen LogP contribution in [-0.2, 0) is 18.3 Å². The van der Waals surface area contributed by atoms with Crippen molar-refractivity contribution in [2.45, 2.75) is 20.3 Å². The molecule has 3 heterocycles. The Morgan fingerprint density at radius 3 is 2.82 bits per heavy atom. The second-order valence-electron chi connectivity index (χ2n) is 7.66. The smallest absolute Gasteiger partial charge is 0.272 e. The summed E-state index contributed by atoms with van der Waals surface area (Å²) < 4.78 is 1.61. The molecule has 8 nitrogen and oxygen atoms in total. The number of piperazine rings is 1. The van der Waals surface area contributed by atoms with Crippen LogP contribution in [0.2, 0.25) is 0 Å². The van der Waals surface area contributed by atoms with Crippen molar-refractivity contribution in [2.24, 2.45) is 13.0 Å². The van der Waals surface area contributed by atoms with Crippen LogP contribution < -0.4 is 4.90 Å². The van der Waals surface area contributed by atoms with Gasteiger partial charge in [0.1, 0.15) is 12.2 Å². The highest BCUT2D eigenvalue weighted by atomic mass is 16.2. The molecule has 2 aromatic heterocycles. The maximum atomic E-state index is 12.9. The van der Waals surface area contributed by atoms with Gasteiger partial charge >= 0.3 is 0 Å². The number of benzene rings is 1. The van der Waals surface area contributed by atoms with E-state index in [4.69, 9.17) is 0 Å². The highest BCUT2D eigenvalue weighted by Gasteiger charge is 2.30. The Bertz CT molecular complexity index is 1030. The largest absolute Gasteiger partial charge is 0.326 e. The molecule has 4 rings (SSSR count). The monoisotopic (exact) mass is 380 g/mol. The third-order valence-corrected chi connectivity index (χ3v) is 5.01. The molecule has 1 aromatic carbocycles. The Morgan fingerprint density at radius 1 is 1.25 bits per heavy atom. The number of amides is 2. The summed E-state index contributed by atoms with van der Waals surface area (Å²) in [5.74, 6) is 0.222. The molecule has 0 spiro atoms. The van der Waals surface area contributed by atoms with Crippen LogP contribution in [0.5, 0.6) is 0 Å². The van der Waals surface area contributed by atoms with Gasteiger partial charge in [0.05, 0.1) is 17.4 Å². The van der Waals surface area contributed by atoms with Crippen LogP contribution in [0.3, 0.4) is 0 Å². The molecule has 146 valence electrons. The average molecular weight is 380 g/mol. The van der Waals surface area contributed by atoms with E-state index >= 15 is 0 Å². The quantitative estimate of drug-likeness (QED) is 0.750. The molecule has 0 saturated carbocycles. The Kier molecular flexibility index (Phi) is 4.62. The number of nitrogens with one attached hydrogen (secondary N) is 1. The number of carbonyl (C=O) groups is 2. The van der Waals surface area contributed by atoms with E-state index in [1.54, 1.807) is 27.7 Å². The molecule has 1 saturated heterocycles. The fourth-order valence-electron chi connectivity index (χ4n) is 3.62. The normalized spacial score (nSPS) is 15.1. The first-order valence-electron chi connectivity index (χ1n) is 9.48. The van der Waals surface area contributed by atoms with Crippen molar-refractivity contribution in [1.82, 2.24) is 24.9 Å². The highest BCUT2D eigenvalue weighted by Crippen LogP contribution is 2.23. The molecular formula is C20H24N6O2. The van der Waals surface area contributed by atoms with E-state index in [0.29, 0.717) is 24.7 Å². The SMILES string of the molecule is CC(C)Cc1cc(C(=O)N2CCN(c3ccc4cn[nH]c4c3)C(=O)C2)n(C)n1. The van der Waals surface area contributed by atoms with Gasteiger partial charge in [-0.2, -0.15) is 10.2 Å². The van der Waals surface area contributed by atoms with Gasteiger partial charge in [0.2, 0.25) is 5.91 Å². The first-order chi connectivity index (χ1) is 13.4. The molecule has 1 aliphatic heterocycles. The molecule has 0 bridgehead atoms. The number of aromatic amines is 1. The molecule has 0 aliphatic carbocycles. The third kappa shape index (κ3) is 3.37. The van der Waals surface area contributed by atoms with Crippen molar-refractivity contribution >= 4 is 28.4 Å². The van der Waals surface area contributed by atoms with Gasteiger partial charge in [-0.05, 0) is 36.6 Å². The van der Waals surface area contributed by atoms with E-state index in [9.17, 15) is 9.59 Å². The molecular weight excluding hydrogens is 356 g/mol. The van der Waals surface area contributed by atoms with Gasteiger partial charge in [-0.25, -0.2) is 0 Å². The number of aryl methyl sites for hydroxylation is 1. The predicted molar refractivity (Wildman–Crippen MR) is 106 cm³/mol. The number of hydrogen-bond donors (Lipinski definition) is 1. The minimum absolute atomic E-state index is 0.0601. The molecule has 1 aliphatic rings. The lowest BCUT2D eigenvalue weighted by Crippen LogP contribution is -2.52. The Balaban J connectivity index is 1.48. The second kappa shape index (κ2) is 7.10. The molecule has 1 N–H and O–H groups in total. The number of rotatable bonds is 4. The maximum Gasteiger partial charge on any atom is 0.272 e. The molecule has 2 amide bonds. The van der Waals surface area contributed by atoms with E-state index in [-0.39, 0.29) is 18.4 Å². The van der Waals surface area contributed by atoms with E-state index in [0.717, 1.165) is 28.7 Å². The summed E-state index contributed by atoms with van der Waals surface area (Å²) in [6, 6.07) is 7.60. The molecule has 0 unspecified atom stereocenters. The Morgan fingerprint density at radius 2 is 2.07 bits per heavy atom. The zero-order valence-electron chi connectivity index (χ0n) is 16.3. The minimum Gasteiger partial charge on any atom is -0.326 e. The van der Waals surface area contributed by atoms with Gasteiger partial charge in [-0.15, -0.1) is 0 Å². The molecule has 1 fully saturated rings. The van der Waals surface area contributed by atoms with Gasteiger partial charge in [0.25, 0.3) is 5.91 Å². The first-order valence-corrected chi connectivity index (χ1v) is 9.48. The number of fused-ring (bicyclic) bond motifs is 1. The van der Waals surface area contributed by atoms with Crippen LogP contribution in [0.15, 0.2) is 30.5 Å².